The van der Waals surface area contributed by atoms with Crippen molar-refractivity contribution in [2.75, 3.05) is 6.54 Å². The number of nitrogens with zero attached hydrogens (tertiary/aromatic N) is 1. The van der Waals surface area contributed by atoms with Crippen LogP contribution in [0.2, 0.25) is 0 Å². The van der Waals surface area contributed by atoms with Gasteiger partial charge in [0.2, 0.25) is 0 Å². The number of halogens is 1. The van der Waals surface area contributed by atoms with Crippen LogP contribution in [0.25, 0.3) is 0 Å². The Morgan fingerprint density at radius 1 is 1.75 bits per heavy atom. The molecule has 2 heteroatoms. The van der Waals surface area contributed by atoms with E-state index in [0.717, 1.165) is 12.1 Å². The summed E-state index contributed by atoms with van der Waals surface area (Å²) in [6.45, 7) is 2.34. The maximum atomic E-state index is 12.2. The summed E-state index contributed by atoms with van der Waals surface area (Å²) in [6, 6.07) is 0. The molecule has 1 unspecified atom stereocenters. The van der Waals surface area contributed by atoms with Gasteiger partial charge in [-0.2, -0.15) is 0 Å². The Kier molecular flexibility index (Phi) is 1.61. The number of alkyl halides is 1. The molecule has 8 heavy (non-hydrogen) atoms. The molecule has 0 bridgehead atoms. The normalized spacial score (nSPS) is 29.8. The molecule has 0 fully saturated rings. The molecule has 0 aromatic heterocycles. The molecular formula is C6H10FN. The first-order chi connectivity index (χ1) is 3.79. The SMILES string of the molecule is CC1=NCC(F)CC1. The second-order valence-corrected chi connectivity index (χ2v) is 2.21. The average Bonchev–Trinajstić information content (AvgIpc) is 1.77. The first kappa shape index (κ1) is 5.73. The zero-order chi connectivity index (χ0) is 5.98. The van der Waals surface area contributed by atoms with Crippen LogP contribution in [-0.2, 0) is 0 Å². The van der Waals surface area contributed by atoms with E-state index in [1.807, 2.05) is 6.92 Å². The van der Waals surface area contributed by atoms with Gasteiger partial charge in [0.05, 0.1) is 6.54 Å². The second kappa shape index (κ2) is 2.25. The molecule has 0 spiro atoms. The molecule has 0 saturated heterocycles. The van der Waals surface area contributed by atoms with Gasteiger partial charge < -0.3 is 0 Å². The maximum Gasteiger partial charge on any atom is 0.120 e. The summed E-state index contributed by atoms with van der Waals surface area (Å²) in [6.07, 6.45) is 0.856. The van der Waals surface area contributed by atoms with E-state index in [1.165, 1.54) is 0 Å². The molecule has 1 nitrogen and oxygen atoms in total. The lowest BCUT2D eigenvalue weighted by atomic mass is 10.1. The summed E-state index contributed by atoms with van der Waals surface area (Å²) in [4.78, 5) is 3.95. The minimum atomic E-state index is -0.668. The van der Waals surface area contributed by atoms with E-state index in [-0.39, 0.29) is 0 Å². The van der Waals surface area contributed by atoms with Gasteiger partial charge in [0, 0.05) is 5.71 Å². The number of hydrogen-bond donors (Lipinski definition) is 0. The summed E-state index contributed by atoms with van der Waals surface area (Å²) < 4.78 is 12.2. The predicted octanol–water partition coefficient (Wildman–Crippen LogP) is 1.58. The highest BCUT2D eigenvalue weighted by Crippen LogP contribution is 2.09. The molecule has 0 aromatic carbocycles. The van der Waals surface area contributed by atoms with Crippen LogP contribution in [0, 0.1) is 0 Å². The van der Waals surface area contributed by atoms with Crippen molar-refractivity contribution in [3.63, 3.8) is 0 Å². The molecular weight excluding hydrogens is 105 g/mol. The highest BCUT2D eigenvalue weighted by atomic mass is 19.1. The monoisotopic (exact) mass is 115 g/mol. The highest BCUT2D eigenvalue weighted by molar-refractivity contribution is 5.82. The molecule has 0 aliphatic carbocycles. The van der Waals surface area contributed by atoms with E-state index < -0.39 is 6.17 Å². The summed E-state index contributed by atoms with van der Waals surface area (Å²) in [7, 11) is 0. The van der Waals surface area contributed by atoms with Crippen LogP contribution in [0.5, 0.6) is 0 Å². The average molecular weight is 115 g/mol. The Hall–Kier alpha value is -0.400. The van der Waals surface area contributed by atoms with Crippen molar-refractivity contribution in [2.24, 2.45) is 4.99 Å². The van der Waals surface area contributed by atoms with Gasteiger partial charge in [0.15, 0.2) is 0 Å². The fourth-order valence-electron chi connectivity index (χ4n) is 0.791. The van der Waals surface area contributed by atoms with Crippen molar-refractivity contribution in [2.45, 2.75) is 25.9 Å². The highest BCUT2D eigenvalue weighted by Gasteiger charge is 2.10. The molecule has 0 radical (unpaired) electrons. The lowest BCUT2D eigenvalue weighted by molar-refractivity contribution is 0.319. The zero-order valence-electron chi connectivity index (χ0n) is 5.02. The summed E-state index contributed by atoms with van der Waals surface area (Å²) >= 11 is 0. The summed E-state index contributed by atoms with van der Waals surface area (Å²) in [5.74, 6) is 0. The Balaban J connectivity index is 2.42. The molecule has 1 aliphatic heterocycles. The molecule has 0 saturated carbocycles. The van der Waals surface area contributed by atoms with Crippen molar-refractivity contribution in [3.05, 3.63) is 0 Å². The van der Waals surface area contributed by atoms with Crippen molar-refractivity contribution < 1.29 is 4.39 Å². The van der Waals surface area contributed by atoms with Crippen LogP contribution < -0.4 is 0 Å². The Bertz CT molecular complexity index is 109. The minimum absolute atomic E-state index is 0.395. The van der Waals surface area contributed by atoms with Crippen LogP contribution >= 0.6 is 0 Å². The molecule has 1 heterocycles. The Morgan fingerprint density at radius 3 is 2.88 bits per heavy atom. The zero-order valence-corrected chi connectivity index (χ0v) is 5.02. The first-order valence-corrected chi connectivity index (χ1v) is 2.93. The number of hydrogen-bond acceptors (Lipinski definition) is 1. The van der Waals surface area contributed by atoms with E-state index in [1.54, 1.807) is 0 Å². The van der Waals surface area contributed by atoms with Gasteiger partial charge >= 0.3 is 0 Å². The van der Waals surface area contributed by atoms with Gasteiger partial charge in [-0.1, -0.05) is 0 Å². The van der Waals surface area contributed by atoms with Crippen molar-refractivity contribution >= 4 is 5.71 Å². The predicted molar refractivity (Wildman–Crippen MR) is 32.1 cm³/mol. The van der Waals surface area contributed by atoms with Gasteiger partial charge in [-0.15, -0.1) is 0 Å². The van der Waals surface area contributed by atoms with Crippen LogP contribution in [0.4, 0.5) is 4.39 Å². The van der Waals surface area contributed by atoms with E-state index in [4.69, 9.17) is 0 Å². The lowest BCUT2D eigenvalue weighted by Gasteiger charge is -2.10. The van der Waals surface area contributed by atoms with Gasteiger partial charge in [-0.3, -0.25) is 4.99 Å². The Morgan fingerprint density at radius 2 is 2.50 bits per heavy atom. The van der Waals surface area contributed by atoms with Gasteiger partial charge in [-0.25, -0.2) is 4.39 Å². The van der Waals surface area contributed by atoms with Crippen LogP contribution in [0.1, 0.15) is 19.8 Å². The van der Waals surface area contributed by atoms with Gasteiger partial charge in [0.25, 0.3) is 0 Å². The quantitative estimate of drug-likeness (QED) is 0.454. The third-order valence-electron chi connectivity index (χ3n) is 1.38. The topological polar surface area (TPSA) is 12.4 Å². The second-order valence-electron chi connectivity index (χ2n) is 2.21. The molecule has 0 N–H and O–H groups in total. The van der Waals surface area contributed by atoms with Crippen LogP contribution in [-0.4, -0.2) is 18.4 Å². The molecule has 1 atom stereocenters. The smallest absolute Gasteiger partial charge is 0.120 e. The third kappa shape index (κ3) is 1.29. The number of rotatable bonds is 0. The van der Waals surface area contributed by atoms with E-state index in [0.29, 0.717) is 13.0 Å². The largest absolute Gasteiger partial charge is 0.291 e. The lowest BCUT2D eigenvalue weighted by Crippen LogP contribution is -2.13. The summed E-state index contributed by atoms with van der Waals surface area (Å²) in [5.41, 5.74) is 1.10. The third-order valence-corrected chi connectivity index (χ3v) is 1.38. The molecule has 0 aromatic rings. The van der Waals surface area contributed by atoms with Crippen molar-refractivity contribution in [1.82, 2.24) is 0 Å². The summed E-state index contributed by atoms with van der Waals surface area (Å²) in [5, 5.41) is 0. The first-order valence-electron chi connectivity index (χ1n) is 2.93. The van der Waals surface area contributed by atoms with Crippen molar-refractivity contribution in [3.8, 4) is 0 Å². The standard InChI is InChI=1S/C6H10FN/c1-5-2-3-6(7)4-8-5/h6H,2-4H2,1H3. The van der Waals surface area contributed by atoms with E-state index in [9.17, 15) is 4.39 Å². The van der Waals surface area contributed by atoms with E-state index >= 15 is 0 Å². The Labute approximate surface area is 48.6 Å². The minimum Gasteiger partial charge on any atom is -0.291 e. The fraction of sp³-hybridized carbons (Fsp3) is 0.833. The maximum absolute atomic E-state index is 12.2. The van der Waals surface area contributed by atoms with E-state index in [2.05, 4.69) is 4.99 Å². The molecule has 46 valence electrons. The van der Waals surface area contributed by atoms with Gasteiger partial charge in [-0.05, 0) is 19.8 Å². The molecule has 0 amide bonds. The fourth-order valence-corrected chi connectivity index (χ4v) is 0.791. The molecule has 1 rings (SSSR count). The molecule has 1 aliphatic rings. The van der Waals surface area contributed by atoms with Crippen LogP contribution in [0.15, 0.2) is 4.99 Å². The van der Waals surface area contributed by atoms with Crippen LogP contribution in [0.3, 0.4) is 0 Å². The number of aliphatic imine (C=N–C) groups is 1. The van der Waals surface area contributed by atoms with Gasteiger partial charge in [0.1, 0.15) is 6.17 Å². The van der Waals surface area contributed by atoms with Crippen molar-refractivity contribution in [1.29, 1.82) is 0 Å².